The second kappa shape index (κ2) is 6.93. The zero-order chi connectivity index (χ0) is 17.2. The summed E-state index contributed by atoms with van der Waals surface area (Å²) in [7, 11) is 0. The van der Waals surface area contributed by atoms with Gasteiger partial charge >= 0.3 is 0 Å². The van der Waals surface area contributed by atoms with Crippen molar-refractivity contribution in [2.24, 2.45) is 5.92 Å². The number of rotatable bonds is 2. The first-order valence-corrected chi connectivity index (χ1v) is 9.79. The molecular weight excluding hydrogens is 352 g/mol. The lowest BCUT2D eigenvalue weighted by atomic mass is 10.2. The third-order valence-electron chi connectivity index (χ3n) is 3.89. The van der Waals surface area contributed by atoms with Gasteiger partial charge in [-0.3, -0.25) is 4.79 Å². The summed E-state index contributed by atoms with van der Waals surface area (Å²) in [6.07, 6.45) is 4.98. The monoisotopic (exact) mass is 368 g/mol. The van der Waals surface area contributed by atoms with Crippen molar-refractivity contribution in [2.75, 3.05) is 17.2 Å². The Bertz CT molecular complexity index is 897. The summed E-state index contributed by atoms with van der Waals surface area (Å²) >= 11 is 3.15. The molecule has 0 fully saturated rings. The smallest absolute Gasteiger partial charge is 0.270 e. The van der Waals surface area contributed by atoms with Crippen LogP contribution in [0.3, 0.4) is 0 Å². The fraction of sp³-hybridized carbons (Fsp3) is 0.222. The van der Waals surface area contributed by atoms with Crippen molar-refractivity contribution in [2.45, 2.75) is 11.8 Å². The average molecular weight is 368 g/mol. The van der Waals surface area contributed by atoms with Gasteiger partial charge in [0.05, 0.1) is 11.9 Å². The molecule has 1 aliphatic heterocycles. The number of benzene rings is 1. The Balaban J connectivity index is 1.68. The fourth-order valence-corrected chi connectivity index (χ4v) is 4.59. The number of hydrogen-bond acceptors (Lipinski definition) is 6. The van der Waals surface area contributed by atoms with Gasteiger partial charge in [-0.15, -0.1) is 23.1 Å². The molecule has 0 radical (unpaired) electrons. The van der Waals surface area contributed by atoms with Crippen molar-refractivity contribution in [1.29, 1.82) is 0 Å². The fourth-order valence-electron chi connectivity index (χ4n) is 2.71. The predicted octanol–water partition coefficient (Wildman–Crippen LogP) is 3.99. The van der Waals surface area contributed by atoms with E-state index >= 15 is 0 Å². The highest BCUT2D eigenvalue weighted by atomic mass is 32.2. The molecule has 0 saturated carbocycles. The number of hydrogen-bond donors (Lipinski definition) is 0. The van der Waals surface area contributed by atoms with Gasteiger partial charge < -0.3 is 4.90 Å². The molecular formula is C18H16N4OS2. The van der Waals surface area contributed by atoms with E-state index in [1.165, 1.54) is 11.3 Å². The first-order valence-electron chi connectivity index (χ1n) is 7.99. The molecule has 0 N–H and O–H groups in total. The minimum absolute atomic E-state index is 0.0125. The van der Waals surface area contributed by atoms with Gasteiger partial charge in [-0.05, 0) is 24.1 Å². The summed E-state index contributed by atoms with van der Waals surface area (Å²) in [5.74, 6) is 1.96. The van der Waals surface area contributed by atoms with Crippen LogP contribution in [0.1, 0.15) is 16.6 Å². The highest BCUT2D eigenvalue weighted by Crippen LogP contribution is 2.36. The van der Waals surface area contributed by atoms with Crippen LogP contribution in [0.5, 0.6) is 0 Å². The van der Waals surface area contributed by atoms with E-state index in [0.29, 0.717) is 28.2 Å². The number of carbonyl (C=O) groups excluding carboxylic acids is 1. The Morgan fingerprint density at radius 3 is 2.80 bits per heavy atom. The second-order valence-corrected chi connectivity index (χ2v) is 7.99. The van der Waals surface area contributed by atoms with Crippen molar-refractivity contribution in [3.8, 4) is 10.8 Å². The molecule has 7 heteroatoms. The lowest BCUT2D eigenvalue weighted by Crippen LogP contribution is -2.34. The SMILES string of the molecule is C[C@@H]1CSc2ccccc2N(C(=O)c2cnc(-c3ncccn3)s2)C1. The number of nitrogens with zero attached hydrogens (tertiary/aromatic N) is 4. The molecule has 2 aromatic heterocycles. The standard InChI is InChI=1S/C18H16N4OS2/c1-12-10-22(13-5-2-3-6-14(13)24-11-12)18(23)15-9-21-17(25-15)16-19-7-4-8-20-16/h2-9,12H,10-11H2,1H3/t12-/m0/s1. The van der Waals surface area contributed by atoms with Crippen LogP contribution >= 0.6 is 23.1 Å². The van der Waals surface area contributed by atoms with Crippen molar-refractivity contribution in [3.63, 3.8) is 0 Å². The number of fused-ring (bicyclic) bond motifs is 1. The topological polar surface area (TPSA) is 59.0 Å². The summed E-state index contributed by atoms with van der Waals surface area (Å²) < 4.78 is 0. The quantitative estimate of drug-likeness (QED) is 0.684. The number of amides is 1. The molecule has 0 bridgehead atoms. The molecule has 0 saturated heterocycles. The Morgan fingerprint density at radius 2 is 1.96 bits per heavy atom. The lowest BCUT2D eigenvalue weighted by Gasteiger charge is -2.23. The molecule has 126 valence electrons. The van der Waals surface area contributed by atoms with E-state index in [2.05, 4.69) is 27.9 Å². The van der Waals surface area contributed by atoms with E-state index in [4.69, 9.17) is 0 Å². The van der Waals surface area contributed by atoms with Gasteiger partial charge in [0.15, 0.2) is 10.8 Å². The third-order valence-corrected chi connectivity index (χ3v) is 6.27. The molecule has 25 heavy (non-hydrogen) atoms. The molecule has 1 atom stereocenters. The molecule has 1 aliphatic rings. The number of thioether (sulfide) groups is 1. The Hall–Kier alpha value is -2.25. The number of thiazole rings is 1. The van der Waals surface area contributed by atoms with Crippen LogP contribution in [-0.2, 0) is 0 Å². The van der Waals surface area contributed by atoms with Crippen LogP contribution < -0.4 is 4.90 Å². The normalized spacial score (nSPS) is 17.0. The minimum atomic E-state index is -0.0125. The van der Waals surface area contributed by atoms with Crippen LogP contribution in [0.25, 0.3) is 10.8 Å². The van der Waals surface area contributed by atoms with Crippen LogP contribution in [0, 0.1) is 5.92 Å². The van der Waals surface area contributed by atoms with Crippen molar-refractivity contribution in [1.82, 2.24) is 15.0 Å². The van der Waals surface area contributed by atoms with E-state index in [1.54, 1.807) is 24.7 Å². The minimum Gasteiger partial charge on any atom is -0.306 e. The molecule has 0 unspecified atom stereocenters. The number of anilines is 1. The van der Waals surface area contributed by atoms with E-state index in [1.807, 2.05) is 34.9 Å². The Morgan fingerprint density at radius 1 is 1.16 bits per heavy atom. The molecule has 5 nitrogen and oxygen atoms in total. The molecule has 3 heterocycles. The van der Waals surface area contributed by atoms with Gasteiger partial charge in [-0.2, -0.15) is 0 Å². The number of para-hydroxylation sites is 1. The van der Waals surface area contributed by atoms with Gasteiger partial charge in [-0.1, -0.05) is 19.1 Å². The van der Waals surface area contributed by atoms with Gasteiger partial charge in [0.2, 0.25) is 0 Å². The average Bonchev–Trinajstić information content (AvgIpc) is 3.09. The maximum absolute atomic E-state index is 13.2. The lowest BCUT2D eigenvalue weighted by molar-refractivity contribution is 0.0987. The summed E-state index contributed by atoms with van der Waals surface area (Å²) in [5, 5.41) is 0.662. The highest BCUT2D eigenvalue weighted by Gasteiger charge is 2.27. The van der Waals surface area contributed by atoms with Gasteiger partial charge in [-0.25, -0.2) is 15.0 Å². The van der Waals surface area contributed by atoms with Crippen LogP contribution in [0.4, 0.5) is 5.69 Å². The largest absolute Gasteiger partial charge is 0.306 e. The molecule has 1 amide bonds. The molecule has 0 spiro atoms. The summed E-state index contributed by atoms with van der Waals surface area (Å²) in [6, 6.07) is 9.85. The van der Waals surface area contributed by atoms with Crippen molar-refractivity contribution < 1.29 is 4.79 Å². The Labute approximate surface area is 154 Å². The molecule has 0 aliphatic carbocycles. The van der Waals surface area contributed by atoms with Gasteiger partial charge in [0.25, 0.3) is 5.91 Å². The molecule has 3 aromatic rings. The summed E-state index contributed by atoms with van der Waals surface area (Å²) in [4.78, 5) is 29.5. The van der Waals surface area contributed by atoms with E-state index in [0.717, 1.165) is 16.3 Å². The first-order chi connectivity index (χ1) is 12.2. The molecule has 4 rings (SSSR count). The third kappa shape index (κ3) is 3.29. The van der Waals surface area contributed by atoms with Crippen LogP contribution in [0.15, 0.2) is 53.8 Å². The van der Waals surface area contributed by atoms with Crippen molar-refractivity contribution in [3.05, 3.63) is 53.8 Å². The Kier molecular flexibility index (Phi) is 4.50. The maximum atomic E-state index is 13.2. The molecule has 1 aromatic carbocycles. The second-order valence-electron chi connectivity index (χ2n) is 5.90. The van der Waals surface area contributed by atoms with Crippen molar-refractivity contribution >= 4 is 34.7 Å². The maximum Gasteiger partial charge on any atom is 0.270 e. The number of carbonyl (C=O) groups is 1. The summed E-state index contributed by atoms with van der Waals surface area (Å²) in [5.41, 5.74) is 0.979. The van der Waals surface area contributed by atoms with Gasteiger partial charge in [0, 0.05) is 29.6 Å². The first kappa shape index (κ1) is 16.2. The van der Waals surface area contributed by atoms with E-state index in [9.17, 15) is 4.79 Å². The van der Waals surface area contributed by atoms with E-state index in [-0.39, 0.29) is 5.91 Å². The van der Waals surface area contributed by atoms with Crippen LogP contribution in [0.2, 0.25) is 0 Å². The number of aromatic nitrogens is 3. The van der Waals surface area contributed by atoms with Crippen LogP contribution in [-0.4, -0.2) is 33.2 Å². The van der Waals surface area contributed by atoms with Gasteiger partial charge in [0.1, 0.15) is 4.88 Å². The summed E-state index contributed by atoms with van der Waals surface area (Å²) in [6.45, 7) is 2.88. The zero-order valence-electron chi connectivity index (χ0n) is 13.6. The highest BCUT2D eigenvalue weighted by molar-refractivity contribution is 7.99. The predicted molar refractivity (Wildman–Crippen MR) is 101 cm³/mol. The zero-order valence-corrected chi connectivity index (χ0v) is 15.3. The van der Waals surface area contributed by atoms with E-state index < -0.39 is 0 Å².